The van der Waals surface area contributed by atoms with E-state index in [9.17, 15) is 0 Å². The smallest absolute Gasteiger partial charge is 0 e. The molecule has 0 saturated carbocycles. The Morgan fingerprint density at radius 3 is 0.389 bits per heavy atom. The molecule has 6 nitrogen and oxygen atoms in total. The zero-order chi connectivity index (χ0) is 16.0. The van der Waals surface area contributed by atoms with Gasteiger partial charge in [-0.1, -0.05) is 0 Å². The third kappa shape index (κ3) is 14800. The van der Waals surface area contributed by atoms with Gasteiger partial charge in [-0.05, 0) is 0 Å². The molecular formula is C8H4Fe2O6Se2-2. The van der Waals surface area contributed by atoms with Gasteiger partial charge in [-0.2, -0.15) is 0 Å². The Balaban J connectivity index is -0.00000000500. The summed E-state index contributed by atoms with van der Waals surface area (Å²) in [5, 5.41) is 0. The standard InChI is InChI=1S/6CO.2CH2Se.2Fe/c8*1-2;;/h;;;;;;2*1H2;;/q;;;;;;2*-1;;. The van der Waals surface area contributed by atoms with E-state index in [1.807, 2.05) is 0 Å². The Kier molecular flexibility index (Phi) is 77500. The maximum absolute atomic E-state index is 7.50. The van der Waals surface area contributed by atoms with E-state index in [4.69, 9.17) is 27.9 Å². The fourth-order valence-corrected chi connectivity index (χ4v) is 0. The van der Waals surface area contributed by atoms with Crippen molar-refractivity contribution >= 4 is 32.0 Å². The zero-order valence-electron chi connectivity index (χ0n) is 8.39. The molecule has 102 valence electrons. The van der Waals surface area contributed by atoms with Crippen molar-refractivity contribution in [3.05, 3.63) is 51.5 Å². The van der Waals surface area contributed by atoms with Crippen LogP contribution in [0.3, 0.4) is 0 Å². The molecule has 0 unspecified atom stereocenters. The molecule has 0 aromatic carbocycles. The topological polar surface area (TPSA) is 119 Å². The summed E-state index contributed by atoms with van der Waals surface area (Å²) in [5.74, 6) is 6.25. The van der Waals surface area contributed by atoms with Gasteiger partial charge in [-0.3, -0.25) is 0 Å². The molecule has 0 aliphatic heterocycles. The molecule has 0 fully saturated rings. The van der Waals surface area contributed by atoms with E-state index >= 15 is 0 Å². The molecule has 0 bridgehead atoms. The van der Waals surface area contributed by atoms with Crippen molar-refractivity contribution in [2.45, 2.75) is 0 Å². The van der Waals surface area contributed by atoms with Crippen molar-refractivity contribution < 1.29 is 62.1 Å². The summed E-state index contributed by atoms with van der Waals surface area (Å²) in [6, 6.07) is 0. The Bertz CT molecular complexity index is 107. The summed E-state index contributed by atoms with van der Waals surface area (Å²) in [6.45, 7) is 27.0. The first-order valence-corrected chi connectivity index (χ1v) is 4.22. The Morgan fingerprint density at radius 2 is 0.389 bits per heavy atom. The molecule has 0 aromatic rings. The van der Waals surface area contributed by atoms with Gasteiger partial charge < -0.3 is 0 Å². The van der Waals surface area contributed by atoms with Crippen LogP contribution in [0, 0.1) is 51.5 Å². The Morgan fingerprint density at radius 1 is 0.389 bits per heavy atom. The maximum Gasteiger partial charge on any atom is 0 e. The molecule has 0 atom stereocenters. The van der Waals surface area contributed by atoms with Crippen molar-refractivity contribution in [1.82, 2.24) is 0 Å². The normalized spacial score (nSPS) is 1.33. The third-order valence-electron chi connectivity index (χ3n) is 0. The quantitative estimate of drug-likeness (QED) is 0.264. The monoisotopic (exact) mass is 468 g/mol. The van der Waals surface area contributed by atoms with E-state index in [1.165, 1.54) is 0 Å². The molecule has 0 aliphatic rings. The molecule has 0 amide bonds. The Labute approximate surface area is 145 Å². The van der Waals surface area contributed by atoms with Crippen LogP contribution >= 0.6 is 0 Å². The molecule has 0 heterocycles. The van der Waals surface area contributed by atoms with Crippen LogP contribution in [0.5, 0.6) is 0 Å². The Hall–Kier alpha value is 0.518. The van der Waals surface area contributed by atoms with Gasteiger partial charge in [0, 0.05) is 34.1 Å². The summed E-state index contributed by atoms with van der Waals surface area (Å²) in [5.41, 5.74) is 0. The van der Waals surface area contributed by atoms with Gasteiger partial charge in [0.1, 0.15) is 0 Å². The molecule has 0 rings (SSSR count). The van der Waals surface area contributed by atoms with Crippen LogP contribution in [0.2, 0.25) is 0 Å². The third-order valence-corrected chi connectivity index (χ3v) is 0. The predicted octanol–water partition coefficient (Wildman–Crippen LogP) is -0.337. The van der Waals surface area contributed by atoms with Crippen molar-refractivity contribution in [3.63, 3.8) is 0 Å². The van der Waals surface area contributed by atoms with Gasteiger partial charge in [-0.25, -0.2) is 0 Å². The van der Waals surface area contributed by atoms with E-state index in [0.29, 0.717) is 0 Å². The fraction of sp³-hybridized carbons (Fsp3) is 0. The zero-order valence-corrected chi connectivity index (χ0v) is 14.0. The van der Waals surface area contributed by atoms with Crippen molar-refractivity contribution in [1.29, 1.82) is 0 Å². The van der Waals surface area contributed by atoms with E-state index in [0.717, 1.165) is 0 Å². The van der Waals surface area contributed by atoms with E-state index in [2.05, 4.69) is 83.6 Å². The molecule has 0 aromatic heterocycles. The van der Waals surface area contributed by atoms with E-state index in [-0.39, 0.29) is 34.1 Å². The van der Waals surface area contributed by atoms with Crippen LogP contribution in [-0.4, -0.2) is 32.0 Å². The molecule has 0 N–H and O–H groups in total. The molecule has 10 heteroatoms. The molecule has 0 spiro atoms. The van der Waals surface area contributed by atoms with Crippen molar-refractivity contribution in [2.24, 2.45) is 0 Å². The van der Waals surface area contributed by atoms with Crippen LogP contribution in [0.1, 0.15) is 0 Å². The average Bonchev–Trinajstić information content (AvgIpc) is 2.54. The largest absolute Gasteiger partial charge is 0 e. The van der Waals surface area contributed by atoms with Crippen LogP contribution < -0.4 is 0 Å². The van der Waals surface area contributed by atoms with Crippen LogP contribution in [-0.2, 0) is 62.1 Å². The van der Waals surface area contributed by atoms with Crippen LogP contribution in [0.4, 0.5) is 0 Å². The summed E-state index contributed by atoms with van der Waals surface area (Å²) < 4.78 is 45.0. The molecule has 0 saturated heterocycles. The number of rotatable bonds is 0. The van der Waals surface area contributed by atoms with Crippen molar-refractivity contribution in [3.8, 4) is 0 Å². The van der Waals surface area contributed by atoms with Gasteiger partial charge in [0.15, 0.2) is 0 Å². The summed E-state index contributed by atoms with van der Waals surface area (Å²) in [6.07, 6.45) is 0. The van der Waals surface area contributed by atoms with Crippen LogP contribution in [0.15, 0.2) is 0 Å². The summed E-state index contributed by atoms with van der Waals surface area (Å²) in [7, 11) is 0. The second-order valence-electron chi connectivity index (χ2n) is 0. The van der Waals surface area contributed by atoms with E-state index < -0.39 is 0 Å². The van der Waals surface area contributed by atoms with Crippen LogP contribution in [0.25, 0.3) is 0 Å². The van der Waals surface area contributed by atoms with Crippen molar-refractivity contribution in [2.75, 3.05) is 0 Å². The minimum Gasteiger partial charge on any atom is 0 e. The van der Waals surface area contributed by atoms with E-state index in [1.54, 1.807) is 0 Å². The summed E-state index contributed by atoms with van der Waals surface area (Å²) >= 11 is 4.75. The first kappa shape index (κ1) is 78.3. The summed E-state index contributed by atoms with van der Waals surface area (Å²) in [4.78, 5) is 0. The van der Waals surface area contributed by atoms with Gasteiger partial charge in [-0.15, -0.1) is 0 Å². The molecular weight excluding hydrogens is 462 g/mol. The first-order chi connectivity index (χ1) is 8.00. The molecule has 2 radical (unpaired) electrons. The van der Waals surface area contributed by atoms with Gasteiger partial charge in [0.2, 0.25) is 0 Å². The first-order valence-electron chi connectivity index (χ1n) is 1.80. The fourth-order valence-electron chi connectivity index (χ4n) is 0. The van der Waals surface area contributed by atoms with Gasteiger partial charge in [0.25, 0.3) is 0 Å². The average molecular weight is 466 g/mol. The molecule has 0 aliphatic carbocycles. The van der Waals surface area contributed by atoms with Gasteiger partial charge >= 0.3 is 111 Å². The maximum atomic E-state index is 7.50. The van der Waals surface area contributed by atoms with Gasteiger partial charge in [0.05, 0.1) is 0 Å². The minimum absolute atomic E-state index is 0. The minimum atomic E-state index is 0. The second-order valence-corrected chi connectivity index (χ2v) is 0. The molecule has 18 heavy (non-hydrogen) atoms. The predicted molar refractivity (Wildman–Crippen MR) is 45.8 cm³/mol. The number of hydrogen-bond donors (Lipinski definition) is 0. The number of hydrogen-bond acceptors (Lipinski definition) is 0. The SMILES string of the molecule is [C-]#[O+].[C-]#[O+].[C-]#[O+].[C-]#[O+].[C-]#[O+].[C-]#[O+].[CH2-][Se].[CH2-][Se].[Fe].[Fe]. The second kappa shape index (κ2) is 17800.